The third kappa shape index (κ3) is 5.20. The molecule has 0 atom stereocenters. The second-order valence-corrected chi connectivity index (χ2v) is 7.34. The van der Waals surface area contributed by atoms with Gasteiger partial charge in [0.1, 0.15) is 0 Å². The summed E-state index contributed by atoms with van der Waals surface area (Å²) in [5, 5.41) is 3.80. The van der Waals surface area contributed by atoms with Gasteiger partial charge in [0.15, 0.2) is 0 Å². The lowest BCUT2D eigenvalue weighted by molar-refractivity contribution is -0.121. The Balaban J connectivity index is 1.95. The monoisotopic (exact) mass is 337 g/mol. The number of nitrogens with one attached hydrogen (secondary N) is 1. The summed E-state index contributed by atoms with van der Waals surface area (Å²) in [7, 11) is 4.01. The molecule has 1 saturated heterocycles. The van der Waals surface area contributed by atoms with Gasteiger partial charge in [-0.05, 0) is 77.6 Å². The fourth-order valence-electron chi connectivity index (χ4n) is 3.04. The lowest BCUT2D eigenvalue weighted by atomic mass is 9.95. The molecule has 0 bridgehead atoms. The van der Waals surface area contributed by atoms with Crippen LogP contribution in [0.3, 0.4) is 0 Å². The highest BCUT2D eigenvalue weighted by Crippen LogP contribution is 2.24. The topological polar surface area (TPSA) is 35.6 Å². The van der Waals surface area contributed by atoms with Gasteiger partial charge in [-0.3, -0.25) is 4.79 Å². The first-order chi connectivity index (χ1) is 10.9. The first kappa shape index (κ1) is 18.2. The minimum Gasteiger partial charge on any atom is -0.326 e. The highest BCUT2D eigenvalue weighted by molar-refractivity contribution is 6.31. The molecule has 1 aliphatic heterocycles. The molecule has 5 heteroatoms. The maximum absolute atomic E-state index is 12.5. The number of hydrogen-bond acceptors (Lipinski definition) is 3. The van der Waals surface area contributed by atoms with E-state index in [-0.39, 0.29) is 11.8 Å². The molecular formula is C18H28ClN3O. The van der Waals surface area contributed by atoms with E-state index in [2.05, 4.69) is 29.0 Å². The minimum atomic E-state index is 0.109. The molecule has 0 aromatic heterocycles. The number of amides is 1. The van der Waals surface area contributed by atoms with Crippen molar-refractivity contribution in [1.29, 1.82) is 0 Å². The third-order valence-electron chi connectivity index (χ3n) is 4.43. The van der Waals surface area contributed by atoms with Gasteiger partial charge in [-0.2, -0.15) is 0 Å². The van der Waals surface area contributed by atoms with Crippen LogP contribution >= 0.6 is 11.6 Å². The maximum atomic E-state index is 12.5. The van der Waals surface area contributed by atoms with Crippen molar-refractivity contribution >= 4 is 23.2 Å². The van der Waals surface area contributed by atoms with Gasteiger partial charge < -0.3 is 15.1 Å². The first-order valence-electron chi connectivity index (χ1n) is 8.35. The number of likely N-dealkylation sites (tertiary alicyclic amines) is 1. The SMILES string of the molecule is CC(C)N1CCC(C(=O)Nc2ccc(Cl)c(CN(C)C)c2)CC1. The van der Waals surface area contributed by atoms with Crippen molar-refractivity contribution in [3.05, 3.63) is 28.8 Å². The molecule has 2 rings (SSSR count). The van der Waals surface area contributed by atoms with Crippen LogP contribution in [0.2, 0.25) is 5.02 Å². The lowest BCUT2D eigenvalue weighted by Gasteiger charge is -2.33. The van der Waals surface area contributed by atoms with Gasteiger partial charge in [-0.1, -0.05) is 11.6 Å². The molecule has 0 spiro atoms. The van der Waals surface area contributed by atoms with Crippen LogP contribution in [-0.4, -0.2) is 48.9 Å². The molecule has 128 valence electrons. The number of anilines is 1. The second kappa shape index (κ2) is 8.13. The van der Waals surface area contributed by atoms with Crippen LogP contribution in [0.15, 0.2) is 18.2 Å². The highest BCUT2D eigenvalue weighted by atomic mass is 35.5. The van der Waals surface area contributed by atoms with Crippen LogP contribution in [0.25, 0.3) is 0 Å². The van der Waals surface area contributed by atoms with Crippen molar-refractivity contribution in [2.24, 2.45) is 5.92 Å². The Labute approximate surface area is 144 Å². The summed E-state index contributed by atoms with van der Waals surface area (Å²) in [6, 6.07) is 6.27. The standard InChI is InChI=1S/C18H28ClN3O/c1-13(2)22-9-7-14(8-10-22)18(23)20-16-5-6-17(19)15(11-16)12-21(3)4/h5-6,11,13-14H,7-10,12H2,1-4H3,(H,20,23). The third-order valence-corrected chi connectivity index (χ3v) is 4.80. The summed E-state index contributed by atoms with van der Waals surface area (Å²) < 4.78 is 0. The summed E-state index contributed by atoms with van der Waals surface area (Å²) in [5.41, 5.74) is 1.87. The minimum absolute atomic E-state index is 0.109. The average molecular weight is 338 g/mol. The largest absolute Gasteiger partial charge is 0.326 e. The van der Waals surface area contributed by atoms with Gasteiger partial charge in [0.25, 0.3) is 0 Å². The molecule has 23 heavy (non-hydrogen) atoms. The Hall–Kier alpha value is -1.10. The fraction of sp³-hybridized carbons (Fsp3) is 0.611. The van der Waals surface area contributed by atoms with E-state index in [0.717, 1.165) is 48.7 Å². The Morgan fingerprint density at radius 2 is 2.00 bits per heavy atom. The molecule has 1 amide bonds. The zero-order chi connectivity index (χ0) is 17.0. The predicted octanol–water partition coefficient (Wildman–Crippen LogP) is 3.46. The summed E-state index contributed by atoms with van der Waals surface area (Å²) >= 11 is 6.23. The van der Waals surface area contributed by atoms with Gasteiger partial charge in [0, 0.05) is 29.2 Å². The molecule has 1 fully saturated rings. The van der Waals surface area contributed by atoms with E-state index in [1.807, 2.05) is 32.3 Å². The van der Waals surface area contributed by atoms with Crippen LogP contribution < -0.4 is 5.32 Å². The molecule has 0 saturated carbocycles. The Morgan fingerprint density at radius 3 is 2.57 bits per heavy atom. The second-order valence-electron chi connectivity index (χ2n) is 6.94. The number of nitrogens with zero attached hydrogens (tertiary/aromatic N) is 2. The van der Waals surface area contributed by atoms with Gasteiger partial charge in [-0.25, -0.2) is 0 Å². The smallest absolute Gasteiger partial charge is 0.227 e. The molecular weight excluding hydrogens is 310 g/mol. The van der Waals surface area contributed by atoms with E-state index >= 15 is 0 Å². The molecule has 0 aliphatic carbocycles. The maximum Gasteiger partial charge on any atom is 0.227 e. The van der Waals surface area contributed by atoms with E-state index in [4.69, 9.17) is 11.6 Å². The number of rotatable bonds is 5. The Kier molecular flexibility index (Phi) is 6.45. The average Bonchev–Trinajstić information content (AvgIpc) is 2.50. The quantitative estimate of drug-likeness (QED) is 0.893. The van der Waals surface area contributed by atoms with Gasteiger partial charge in [0.05, 0.1) is 0 Å². The highest BCUT2D eigenvalue weighted by Gasteiger charge is 2.26. The van der Waals surface area contributed by atoms with E-state index in [0.29, 0.717) is 6.04 Å². The zero-order valence-corrected chi connectivity index (χ0v) is 15.4. The van der Waals surface area contributed by atoms with E-state index in [1.165, 1.54) is 0 Å². The van der Waals surface area contributed by atoms with E-state index in [1.54, 1.807) is 0 Å². The Morgan fingerprint density at radius 1 is 1.35 bits per heavy atom. The normalized spacial score (nSPS) is 17.0. The zero-order valence-electron chi connectivity index (χ0n) is 14.6. The molecule has 1 heterocycles. The van der Waals surface area contributed by atoms with Crippen LogP contribution in [0.1, 0.15) is 32.3 Å². The van der Waals surface area contributed by atoms with Crippen LogP contribution in [-0.2, 0) is 11.3 Å². The van der Waals surface area contributed by atoms with Gasteiger partial charge in [-0.15, -0.1) is 0 Å². The number of benzene rings is 1. The number of halogens is 1. The van der Waals surface area contributed by atoms with Crippen molar-refractivity contribution in [3.63, 3.8) is 0 Å². The lowest BCUT2D eigenvalue weighted by Crippen LogP contribution is -2.41. The van der Waals surface area contributed by atoms with Crippen molar-refractivity contribution in [3.8, 4) is 0 Å². The van der Waals surface area contributed by atoms with Crippen LogP contribution in [0, 0.1) is 5.92 Å². The summed E-state index contributed by atoms with van der Waals surface area (Å²) in [5.74, 6) is 0.240. The molecule has 0 unspecified atom stereocenters. The van der Waals surface area contributed by atoms with Crippen molar-refractivity contribution < 1.29 is 4.79 Å². The van der Waals surface area contributed by atoms with Crippen molar-refractivity contribution in [2.75, 3.05) is 32.5 Å². The van der Waals surface area contributed by atoms with Crippen LogP contribution in [0.5, 0.6) is 0 Å². The van der Waals surface area contributed by atoms with Crippen LogP contribution in [0.4, 0.5) is 5.69 Å². The number of carbonyl (C=O) groups is 1. The van der Waals surface area contributed by atoms with E-state index in [9.17, 15) is 4.79 Å². The number of hydrogen-bond donors (Lipinski definition) is 1. The van der Waals surface area contributed by atoms with Gasteiger partial charge >= 0.3 is 0 Å². The number of piperidine rings is 1. The Bertz CT molecular complexity index is 537. The van der Waals surface area contributed by atoms with Gasteiger partial charge in [0.2, 0.25) is 5.91 Å². The first-order valence-corrected chi connectivity index (χ1v) is 8.72. The molecule has 1 N–H and O–H groups in total. The fourth-order valence-corrected chi connectivity index (χ4v) is 3.21. The van der Waals surface area contributed by atoms with Crippen molar-refractivity contribution in [1.82, 2.24) is 9.80 Å². The summed E-state index contributed by atoms with van der Waals surface area (Å²) in [6.45, 7) is 7.18. The molecule has 1 aliphatic rings. The molecule has 1 aromatic carbocycles. The predicted molar refractivity (Wildman–Crippen MR) is 96.9 cm³/mol. The molecule has 4 nitrogen and oxygen atoms in total. The summed E-state index contributed by atoms with van der Waals surface area (Å²) in [4.78, 5) is 17.0. The summed E-state index contributed by atoms with van der Waals surface area (Å²) in [6.07, 6.45) is 1.87. The van der Waals surface area contributed by atoms with Crippen molar-refractivity contribution in [2.45, 2.75) is 39.3 Å². The van der Waals surface area contributed by atoms with E-state index < -0.39 is 0 Å². The molecule has 1 aromatic rings. The number of carbonyl (C=O) groups excluding carboxylic acids is 1. The molecule has 0 radical (unpaired) electrons.